The normalized spacial score (nSPS) is 14.5. The van der Waals surface area contributed by atoms with Crippen LogP contribution in [0.2, 0.25) is 0 Å². The van der Waals surface area contributed by atoms with E-state index in [1.807, 2.05) is 13.8 Å². The largest absolute Gasteiger partial charge is 0.354 e. The number of hydrogen-bond acceptors (Lipinski definition) is 4. The van der Waals surface area contributed by atoms with Crippen LogP contribution >= 0.6 is 0 Å². The van der Waals surface area contributed by atoms with Crippen molar-refractivity contribution in [2.24, 2.45) is 0 Å². The van der Waals surface area contributed by atoms with Crippen LogP contribution < -0.4 is 10.6 Å². The molecule has 166 valence electrons. The van der Waals surface area contributed by atoms with Gasteiger partial charge in [0, 0.05) is 44.7 Å². The first-order chi connectivity index (χ1) is 14.9. The van der Waals surface area contributed by atoms with Crippen molar-refractivity contribution in [3.05, 3.63) is 53.1 Å². The molecule has 8 nitrogen and oxygen atoms in total. The van der Waals surface area contributed by atoms with E-state index >= 15 is 0 Å². The van der Waals surface area contributed by atoms with Crippen LogP contribution in [0, 0.1) is 5.82 Å². The molecule has 0 fully saturated rings. The summed E-state index contributed by atoms with van der Waals surface area (Å²) in [5.74, 6) is -1.09. The Labute approximate surface area is 180 Å². The molecule has 0 saturated heterocycles. The van der Waals surface area contributed by atoms with E-state index in [0.717, 1.165) is 12.0 Å². The lowest BCUT2D eigenvalue weighted by molar-refractivity contribution is -0.121. The molecular weight excluding hydrogens is 401 g/mol. The second kappa shape index (κ2) is 10.2. The van der Waals surface area contributed by atoms with Crippen LogP contribution in [0.15, 0.2) is 30.3 Å². The van der Waals surface area contributed by atoms with Crippen molar-refractivity contribution in [1.29, 1.82) is 0 Å². The van der Waals surface area contributed by atoms with Gasteiger partial charge in [0.1, 0.15) is 11.5 Å². The number of fused-ring (bicyclic) bond motifs is 1. The fourth-order valence-corrected chi connectivity index (χ4v) is 3.34. The van der Waals surface area contributed by atoms with Gasteiger partial charge in [-0.1, -0.05) is 19.1 Å². The summed E-state index contributed by atoms with van der Waals surface area (Å²) in [4.78, 5) is 38.9. The monoisotopic (exact) mass is 429 g/mol. The van der Waals surface area contributed by atoms with Crippen LogP contribution in [-0.4, -0.2) is 51.5 Å². The topological polar surface area (TPSA) is 96.3 Å². The molecule has 0 aliphatic carbocycles. The Morgan fingerprint density at radius 3 is 2.68 bits per heavy atom. The molecule has 0 unspecified atom stereocenters. The molecule has 2 aromatic rings. The van der Waals surface area contributed by atoms with E-state index in [-0.39, 0.29) is 42.3 Å². The third-order valence-corrected chi connectivity index (χ3v) is 5.26. The number of amides is 3. The smallest absolute Gasteiger partial charge is 0.272 e. The second-order valence-electron chi connectivity index (χ2n) is 7.73. The van der Waals surface area contributed by atoms with Gasteiger partial charge < -0.3 is 15.5 Å². The number of rotatable bonds is 8. The van der Waals surface area contributed by atoms with Gasteiger partial charge in [-0.15, -0.1) is 0 Å². The summed E-state index contributed by atoms with van der Waals surface area (Å²) < 4.78 is 14.7. The summed E-state index contributed by atoms with van der Waals surface area (Å²) in [5, 5.41) is 9.80. The molecule has 2 heterocycles. The number of hydrogen-bond donors (Lipinski definition) is 2. The maximum Gasteiger partial charge on any atom is 0.272 e. The van der Waals surface area contributed by atoms with Crippen molar-refractivity contribution >= 4 is 17.7 Å². The highest BCUT2D eigenvalue weighted by Gasteiger charge is 2.26. The van der Waals surface area contributed by atoms with Gasteiger partial charge in [-0.05, 0) is 37.5 Å². The Bertz CT molecular complexity index is 941. The van der Waals surface area contributed by atoms with E-state index < -0.39 is 5.91 Å². The number of carbonyl (C=O) groups excluding carboxylic acids is 3. The van der Waals surface area contributed by atoms with Gasteiger partial charge >= 0.3 is 0 Å². The molecule has 9 heteroatoms. The Hall–Kier alpha value is -3.23. The maximum atomic E-state index is 13.1. The van der Waals surface area contributed by atoms with E-state index in [1.165, 1.54) is 18.2 Å². The average Bonchev–Trinajstić information content (AvgIpc) is 3.12. The van der Waals surface area contributed by atoms with E-state index in [2.05, 4.69) is 15.7 Å². The van der Waals surface area contributed by atoms with Crippen molar-refractivity contribution in [2.75, 3.05) is 13.1 Å². The quantitative estimate of drug-likeness (QED) is 0.672. The molecule has 0 spiro atoms. The molecule has 0 bridgehead atoms. The zero-order valence-corrected chi connectivity index (χ0v) is 17.9. The maximum absolute atomic E-state index is 13.1. The lowest BCUT2D eigenvalue weighted by Gasteiger charge is -2.20. The fraction of sp³-hybridized carbons (Fsp3) is 0.455. The Balaban J connectivity index is 1.60. The first kappa shape index (κ1) is 22.5. The molecule has 0 saturated carbocycles. The van der Waals surface area contributed by atoms with Gasteiger partial charge in [-0.2, -0.15) is 5.10 Å². The Morgan fingerprint density at radius 2 is 1.97 bits per heavy atom. The van der Waals surface area contributed by atoms with Crippen molar-refractivity contribution in [1.82, 2.24) is 25.3 Å². The summed E-state index contributed by atoms with van der Waals surface area (Å²) >= 11 is 0. The third kappa shape index (κ3) is 5.90. The highest BCUT2D eigenvalue weighted by molar-refractivity contribution is 5.98. The van der Waals surface area contributed by atoms with Crippen molar-refractivity contribution < 1.29 is 18.8 Å². The summed E-state index contributed by atoms with van der Waals surface area (Å²) in [6.07, 6.45) is 1.71. The minimum atomic E-state index is -0.421. The summed E-state index contributed by atoms with van der Waals surface area (Å²) in [6, 6.07) is 7.62. The van der Waals surface area contributed by atoms with Crippen LogP contribution in [0.25, 0.3) is 0 Å². The van der Waals surface area contributed by atoms with E-state index in [9.17, 15) is 18.8 Å². The van der Waals surface area contributed by atoms with E-state index in [0.29, 0.717) is 31.7 Å². The van der Waals surface area contributed by atoms with Gasteiger partial charge in [-0.25, -0.2) is 4.39 Å². The number of nitrogens with zero attached hydrogens (tertiary/aromatic N) is 3. The average molecular weight is 429 g/mol. The van der Waals surface area contributed by atoms with E-state index in [1.54, 1.807) is 21.7 Å². The van der Waals surface area contributed by atoms with Gasteiger partial charge in [-0.3, -0.25) is 19.1 Å². The number of aromatic nitrogens is 2. The van der Waals surface area contributed by atoms with Crippen molar-refractivity contribution in [3.63, 3.8) is 0 Å². The molecule has 1 atom stereocenters. The number of nitrogens with one attached hydrogen (secondary N) is 2. The van der Waals surface area contributed by atoms with Crippen LogP contribution in [0.5, 0.6) is 0 Å². The summed E-state index contributed by atoms with van der Waals surface area (Å²) in [6.45, 7) is 5.52. The summed E-state index contributed by atoms with van der Waals surface area (Å²) in [7, 11) is 0. The van der Waals surface area contributed by atoms with Crippen LogP contribution in [-0.2, 0) is 17.9 Å². The number of carbonyl (C=O) groups is 3. The van der Waals surface area contributed by atoms with Gasteiger partial charge in [0.05, 0.1) is 0 Å². The van der Waals surface area contributed by atoms with Gasteiger partial charge in [0.25, 0.3) is 11.8 Å². The zero-order valence-electron chi connectivity index (χ0n) is 17.9. The fourth-order valence-electron chi connectivity index (χ4n) is 3.34. The van der Waals surface area contributed by atoms with Crippen molar-refractivity contribution in [2.45, 2.75) is 52.2 Å². The molecular formula is C22H28FN5O3. The molecule has 2 N–H and O–H groups in total. The Kier molecular flexibility index (Phi) is 7.38. The molecule has 3 rings (SSSR count). The molecule has 3 amide bonds. The number of halogens is 1. The molecule has 1 aromatic heterocycles. The lowest BCUT2D eigenvalue weighted by atomic mass is 10.2. The third-order valence-electron chi connectivity index (χ3n) is 5.26. The van der Waals surface area contributed by atoms with Crippen molar-refractivity contribution in [3.8, 4) is 0 Å². The lowest BCUT2D eigenvalue weighted by Crippen LogP contribution is -2.35. The van der Waals surface area contributed by atoms with Gasteiger partial charge in [0.15, 0.2) is 5.69 Å². The summed E-state index contributed by atoms with van der Waals surface area (Å²) in [5.41, 5.74) is 1.32. The predicted molar refractivity (Wildman–Crippen MR) is 113 cm³/mol. The number of benzene rings is 1. The van der Waals surface area contributed by atoms with Crippen LogP contribution in [0.1, 0.15) is 59.7 Å². The van der Waals surface area contributed by atoms with E-state index in [4.69, 9.17) is 0 Å². The molecule has 31 heavy (non-hydrogen) atoms. The first-order valence-electron chi connectivity index (χ1n) is 10.6. The molecule has 1 aliphatic heterocycles. The van der Waals surface area contributed by atoms with Gasteiger partial charge in [0.2, 0.25) is 5.91 Å². The second-order valence-corrected chi connectivity index (χ2v) is 7.73. The minimum absolute atomic E-state index is 0.0934. The zero-order chi connectivity index (χ0) is 22.4. The highest BCUT2D eigenvalue weighted by atomic mass is 19.1. The molecule has 1 aliphatic rings. The first-order valence-corrected chi connectivity index (χ1v) is 10.6. The Morgan fingerprint density at radius 1 is 1.23 bits per heavy atom. The predicted octanol–water partition coefficient (Wildman–Crippen LogP) is 2.10. The van der Waals surface area contributed by atoms with Crippen LogP contribution in [0.3, 0.4) is 0 Å². The minimum Gasteiger partial charge on any atom is -0.354 e. The molecule has 0 radical (unpaired) electrons. The number of aryl methyl sites for hydroxylation is 1. The molecule has 1 aromatic carbocycles. The van der Waals surface area contributed by atoms with Crippen LogP contribution in [0.4, 0.5) is 4.39 Å². The standard InChI is InChI=1S/C22H28FN5O3/c1-3-15(2)25-20(29)9-10-24-21(30)18-13-19-22(31)27(11-4-12-28(19)26-18)14-16-5-7-17(23)8-6-16/h5-8,13,15H,3-4,9-12,14H2,1-2H3,(H,24,30)(H,25,29)/t15-/m0/s1. The SMILES string of the molecule is CC[C@H](C)NC(=O)CCNC(=O)c1cc2n(n1)CCCN(Cc1ccc(F)cc1)C2=O. The highest BCUT2D eigenvalue weighted by Crippen LogP contribution is 2.17.